The van der Waals surface area contributed by atoms with Gasteiger partial charge in [0.1, 0.15) is 5.82 Å². The van der Waals surface area contributed by atoms with Gasteiger partial charge in [0.2, 0.25) is 0 Å². The Hall–Kier alpha value is -0.630. The van der Waals surface area contributed by atoms with E-state index in [2.05, 4.69) is 18.8 Å². The van der Waals surface area contributed by atoms with Crippen molar-refractivity contribution in [3.8, 4) is 0 Å². The summed E-state index contributed by atoms with van der Waals surface area (Å²) in [5, 5.41) is 0. The van der Waals surface area contributed by atoms with Crippen LogP contribution in [0.4, 0.5) is 0 Å². The van der Waals surface area contributed by atoms with E-state index in [4.69, 9.17) is 16.6 Å². The first-order chi connectivity index (χ1) is 8.69. The van der Waals surface area contributed by atoms with Gasteiger partial charge in [-0.2, -0.15) is 0 Å². The zero-order chi connectivity index (χ0) is 12.7. The third-order valence-corrected chi connectivity index (χ3v) is 4.97. The summed E-state index contributed by atoms with van der Waals surface area (Å²) in [6.07, 6.45) is 7.48. The lowest BCUT2D eigenvalue weighted by Gasteiger charge is -2.21. The number of rotatable bonds is 3. The highest BCUT2D eigenvalue weighted by atomic mass is 35.5. The summed E-state index contributed by atoms with van der Waals surface area (Å²) >= 11 is 5.97. The third-order valence-electron chi connectivity index (χ3n) is 4.68. The van der Waals surface area contributed by atoms with Crippen LogP contribution in [0.1, 0.15) is 68.4 Å². The quantitative estimate of drug-likeness (QED) is 0.763. The summed E-state index contributed by atoms with van der Waals surface area (Å²) in [6, 6.07) is 0. The molecule has 1 heterocycles. The van der Waals surface area contributed by atoms with Gasteiger partial charge >= 0.3 is 0 Å². The molecule has 1 aromatic heterocycles. The van der Waals surface area contributed by atoms with Crippen LogP contribution in [0.3, 0.4) is 0 Å². The number of alkyl halides is 1. The highest BCUT2D eigenvalue weighted by Gasteiger charge is 2.41. The van der Waals surface area contributed by atoms with Gasteiger partial charge in [-0.3, -0.25) is 0 Å². The number of nitrogens with zero attached hydrogens (tertiary/aromatic N) is 2. The normalized spacial score (nSPS) is 30.3. The van der Waals surface area contributed by atoms with Crippen molar-refractivity contribution >= 4 is 11.6 Å². The van der Waals surface area contributed by atoms with Crippen molar-refractivity contribution in [2.24, 2.45) is 11.8 Å². The maximum absolute atomic E-state index is 5.97. The maximum Gasteiger partial charge on any atom is 0.131 e. The Labute approximate surface area is 114 Å². The highest BCUT2D eigenvalue weighted by Crippen LogP contribution is 2.52. The summed E-state index contributed by atoms with van der Waals surface area (Å²) in [5.41, 5.74) is 2.25. The van der Waals surface area contributed by atoms with Crippen LogP contribution in [0.15, 0.2) is 6.20 Å². The molecular weight excluding hydrogens is 244 g/mol. The number of halogens is 1. The molecule has 2 fully saturated rings. The lowest BCUT2D eigenvalue weighted by Crippen LogP contribution is -2.14. The number of hydrogen-bond donors (Lipinski definition) is 0. The van der Waals surface area contributed by atoms with Gasteiger partial charge in [-0.1, -0.05) is 20.3 Å². The number of aromatic nitrogens is 2. The molecule has 3 atom stereocenters. The van der Waals surface area contributed by atoms with E-state index in [1.165, 1.54) is 25.7 Å². The fourth-order valence-electron chi connectivity index (χ4n) is 3.78. The zero-order valence-corrected chi connectivity index (χ0v) is 12.0. The topological polar surface area (TPSA) is 25.8 Å². The molecule has 0 aromatic carbocycles. The summed E-state index contributed by atoms with van der Waals surface area (Å²) < 4.78 is 0. The van der Waals surface area contributed by atoms with Crippen molar-refractivity contribution in [2.45, 2.75) is 57.2 Å². The second-order valence-corrected chi connectivity index (χ2v) is 6.48. The van der Waals surface area contributed by atoms with E-state index in [1.807, 2.05) is 6.20 Å². The molecule has 18 heavy (non-hydrogen) atoms. The average molecular weight is 265 g/mol. The lowest BCUT2D eigenvalue weighted by atomic mass is 9.88. The average Bonchev–Trinajstić information content (AvgIpc) is 3.00. The second-order valence-electron chi connectivity index (χ2n) is 6.21. The van der Waals surface area contributed by atoms with E-state index in [-0.39, 0.29) is 0 Å². The van der Waals surface area contributed by atoms with Crippen LogP contribution in [0.5, 0.6) is 0 Å². The van der Waals surface area contributed by atoms with Gasteiger partial charge in [0.25, 0.3) is 0 Å². The van der Waals surface area contributed by atoms with E-state index in [9.17, 15) is 0 Å². The molecule has 98 valence electrons. The Morgan fingerprint density at radius 3 is 2.72 bits per heavy atom. The van der Waals surface area contributed by atoms with Gasteiger partial charge in [-0.15, -0.1) is 11.6 Å². The minimum Gasteiger partial charge on any atom is -0.241 e. The molecule has 3 heteroatoms. The summed E-state index contributed by atoms with van der Waals surface area (Å²) in [6.45, 7) is 4.37. The van der Waals surface area contributed by atoms with Crippen molar-refractivity contribution in [2.75, 3.05) is 0 Å². The molecule has 3 rings (SSSR count). The predicted octanol–water partition coefficient (Wildman–Crippen LogP) is 4.24. The van der Waals surface area contributed by atoms with Gasteiger partial charge in [0.05, 0.1) is 11.6 Å². The molecule has 0 aliphatic heterocycles. The van der Waals surface area contributed by atoms with E-state index < -0.39 is 0 Å². The minimum absolute atomic E-state index is 0.430. The maximum atomic E-state index is 5.97. The molecule has 0 N–H and O–H groups in total. The van der Waals surface area contributed by atoms with Gasteiger partial charge in [0, 0.05) is 17.7 Å². The second kappa shape index (κ2) is 4.80. The number of hydrogen-bond acceptors (Lipinski definition) is 2. The van der Waals surface area contributed by atoms with E-state index in [0.29, 0.717) is 17.7 Å². The SMILES string of the molecule is CC(C)c1nc(C2CC3CCC2C3)ncc1CCl. The Morgan fingerprint density at radius 1 is 1.33 bits per heavy atom. The van der Waals surface area contributed by atoms with Crippen molar-refractivity contribution in [1.82, 2.24) is 9.97 Å². The fraction of sp³-hybridized carbons (Fsp3) is 0.733. The fourth-order valence-corrected chi connectivity index (χ4v) is 3.98. The molecule has 2 saturated carbocycles. The Morgan fingerprint density at radius 2 is 2.17 bits per heavy atom. The van der Waals surface area contributed by atoms with Crippen molar-refractivity contribution in [3.05, 3.63) is 23.3 Å². The van der Waals surface area contributed by atoms with E-state index in [0.717, 1.165) is 28.9 Å². The van der Waals surface area contributed by atoms with Crippen LogP contribution < -0.4 is 0 Å². The monoisotopic (exact) mass is 264 g/mol. The smallest absolute Gasteiger partial charge is 0.131 e. The van der Waals surface area contributed by atoms with Crippen LogP contribution in [0.2, 0.25) is 0 Å². The largest absolute Gasteiger partial charge is 0.241 e. The molecular formula is C15H21ClN2. The van der Waals surface area contributed by atoms with Crippen LogP contribution in [0.25, 0.3) is 0 Å². The number of fused-ring (bicyclic) bond motifs is 2. The molecule has 3 unspecified atom stereocenters. The molecule has 2 nitrogen and oxygen atoms in total. The molecule has 2 aliphatic rings. The Kier molecular flexibility index (Phi) is 3.31. The molecule has 0 saturated heterocycles. The Balaban J connectivity index is 1.91. The van der Waals surface area contributed by atoms with Gasteiger partial charge in [-0.05, 0) is 37.0 Å². The Bertz CT molecular complexity index is 444. The van der Waals surface area contributed by atoms with Crippen molar-refractivity contribution in [1.29, 1.82) is 0 Å². The molecule has 0 amide bonds. The summed E-state index contributed by atoms with van der Waals surface area (Å²) in [5.74, 6) is 4.44. The van der Waals surface area contributed by atoms with Crippen LogP contribution in [-0.4, -0.2) is 9.97 Å². The first-order valence-corrected chi connectivity index (χ1v) is 7.64. The predicted molar refractivity (Wildman–Crippen MR) is 73.9 cm³/mol. The lowest BCUT2D eigenvalue weighted by molar-refractivity contribution is 0.403. The highest BCUT2D eigenvalue weighted by molar-refractivity contribution is 6.17. The van der Waals surface area contributed by atoms with Crippen LogP contribution >= 0.6 is 11.6 Å². The summed E-state index contributed by atoms with van der Waals surface area (Å²) in [7, 11) is 0. The van der Waals surface area contributed by atoms with Crippen molar-refractivity contribution < 1.29 is 0 Å². The summed E-state index contributed by atoms with van der Waals surface area (Å²) in [4.78, 5) is 9.45. The first-order valence-electron chi connectivity index (χ1n) is 7.10. The van der Waals surface area contributed by atoms with E-state index in [1.54, 1.807) is 0 Å². The minimum atomic E-state index is 0.430. The van der Waals surface area contributed by atoms with Gasteiger partial charge in [0.15, 0.2) is 0 Å². The van der Waals surface area contributed by atoms with Crippen LogP contribution in [-0.2, 0) is 5.88 Å². The molecule has 0 radical (unpaired) electrons. The molecule has 2 bridgehead atoms. The zero-order valence-electron chi connectivity index (χ0n) is 11.2. The molecule has 0 spiro atoms. The van der Waals surface area contributed by atoms with Crippen molar-refractivity contribution in [3.63, 3.8) is 0 Å². The molecule has 1 aromatic rings. The van der Waals surface area contributed by atoms with E-state index >= 15 is 0 Å². The standard InChI is InChI=1S/C15H21ClN2/c1-9(2)14-12(7-16)8-17-15(18-14)13-6-10-3-4-11(13)5-10/h8-11,13H,3-7H2,1-2H3. The van der Waals surface area contributed by atoms with Crippen LogP contribution in [0, 0.1) is 11.8 Å². The molecule has 2 aliphatic carbocycles. The third kappa shape index (κ3) is 2.05. The van der Waals surface area contributed by atoms with Gasteiger partial charge in [-0.25, -0.2) is 9.97 Å². The van der Waals surface area contributed by atoms with Gasteiger partial charge < -0.3 is 0 Å². The first kappa shape index (κ1) is 12.4.